The van der Waals surface area contributed by atoms with Crippen molar-refractivity contribution >= 4 is 11.6 Å². The van der Waals surface area contributed by atoms with Crippen LogP contribution in [0.25, 0.3) is 0 Å². The van der Waals surface area contributed by atoms with Crippen LogP contribution in [0.5, 0.6) is 5.75 Å². The molecule has 31 heavy (non-hydrogen) atoms. The standard InChI is InChI=1S/C25H31ClN2O3/c1-20-9-10-22(26)23(17-20)29-16-6-5-11-27-12-14-28(15-13-27)25-19-30-24(18-31-25)21-7-3-2-4-8-21/h2-3,7,9-10,17-19H,4-6,8,11-16H2,1H3. The Kier molecular flexibility index (Phi) is 7.60. The van der Waals surface area contributed by atoms with Crippen molar-refractivity contribution in [2.75, 3.05) is 39.3 Å². The predicted molar refractivity (Wildman–Crippen MR) is 124 cm³/mol. The minimum Gasteiger partial charge on any atom is -0.492 e. The summed E-state index contributed by atoms with van der Waals surface area (Å²) in [4.78, 5) is 4.75. The van der Waals surface area contributed by atoms with E-state index in [1.54, 1.807) is 12.5 Å². The molecule has 1 aromatic rings. The summed E-state index contributed by atoms with van der Waals surface area (Å²) in [7, 11) is 0. The third-order valence-corrected chi connectivity index (χ3v) is 6.11. The molecule has 0 aromatic heterocycles. The van der Waals surface area contributed by atoms with Gasteiger partial charge in [-0.25, -0.2) is 0 Å². The van der Waals surface area contributed by atoms with E-state index < -0.39 is 0 Å². The van der Waals surface area contributed by atoms with Gasteiger partial charge in [0.2, 0.25) is 5.88 Å². The van der Waals surface area contributed by atoms with Crippen molar-refractivity contribution in [3.05, 3.63) is 76.8 Å². The Labute approximate surface area is 190 Å². The second-order valence-electron chi connectivity index (χ2n) is 8.15. The molecule has 3 aliphatic rings. The Hall–Kier alpha value is -2.37. The Morgan fingerprint density at radius 2 is 1.94 bits per heavy atom. The molecule has 2 aliphatic heterocycles. The number of allylic oxidation sites excluding steroid dienone is 4. The van der Waals surface area contributed by atoms with Gasteiger partial charge in [0.1, 0.15) is 12.0 Å². The first-order chi connectivity index (χ1) is 15.2. The monoisotopic (exact) mass is 442 g/mol. The molecular weight excluding hydrogens is 412 g/mol. The Bertz CT molecular complexity index is 883. The van der Waals surface area contributed by atoms with Gasteiger partial charge in [0.05, 0.1) is 11.6 Å². The van der Waals surface area contributed by atoms with Crippen molar-refractivity contribution in [2.24, 2.45) is 0 Å². The molecule has 6 heteroatoms. The van der Waals surface area contributed by atoms with E-state index in [0.717, 1.165) is 81.4 Å². The van der Waals surface area contributed by atoms with Crippen molar-refractivity contribution in [2.45, 2.75) is 32.6 Å². The van der Waals surface area contributed by atoms with Gasteiger partial charge in [-0.05, 0) is 62.4 Å². The normalized spacial score (nSPS) is 19.2. The highest BCUT2D eigenvalue weighted by molar-refractivity contribution is 6.32. The van der Waals surface area contributed by atoms with E-state index in [-0.39, 0.29) is 0 Å². The zero-order chi connectivity index (χ0) is 21.5. The van der Waals surface area contributed by atoms with E-state index in [4.69, 9.17) is 25.8 Å². The average Bonchev–Trinajstić information content (AvgIpc) is 2.82. The highest BCUT2D eigenvalue weighted by Crippen LogP contribution is 2.27. The Balaban J connectivity index is 1.12. The summed E-state index contributed by atoms with van der Waals surface area (Å²) in [5.41, 5.74) is 2.35. The molecule has 0 bridgehead atoms. The maximum Gasteiger partial charge on any atom is 0.231 e. The van der Waals surface area contributed by atoms with E-state index in [1.807, 2.05) is 25.1 Å². The number of rotatable bonds is 8. The first-order valence-corrected chi connectivity index (χ1v) is 11.5. The number of nitrogens with zero attached hydrogens (tertiary/aromatic N) is 2. The summed E-state index contributed by atoms with van der Waals surface area (Å²) < 4.78 is 17.6. The fourth-order valence-electron chi connectivity index (χ4n) is 3.92. The van der Waals surface area contributed by atoms with Gasteiger partial charge < -0.3 is 19.1 Å². The molecule has 1 fully saturated rings. The van der Waals surface area contributed by atoms with Gasteiger partial charge in [-0.15, -0.1) is 0 Å². The lowest BCUT2D eigenvalue weighted by Gasteiger charge is -2.36. The van der Waals surface area contributed by atoms with Crippen molar-refractivity contribution in [1.29, 1.82) is 0 Å². The largest absolute Gasteiger partial charge is 0.492 e. The molecule has 0 unspecified atom stereocenters. The van der Waals surface area contributed by atoms with Gasteiger partial charge in [0.15, 0.2) is 12.0 Å². The van der Waals surface area contributed by atoms with Crippen LogP contribution < -0.4 is 4.74 Å². The van der Waals surface area contributed by atoms with Crippen LogP contribution >= 0.6 is 11.6 Å². The molecule has 0 saturated carbocycles. The molecule has 1 aliphatic carbocycles. The molecule has 4 rings (SSSR count). The third kappa shape index (κ3) is 6.08. The van der Waals surface area contributed by atoms with E-state index in [2.05, 4.69) is 28.0 Å². The smallest absolute Gasteiger partial charge is 0.231 e. The molecule has 0 N–H and O–H groups in total. The summed E-state index contributed by atoms with van der Waals surface area (Å²) in [5.74, 6) is 2.41. The van der Waals surface area contributed by atoms with Crippen LogP contribution in [0.2, 0.25) is 5.02 Å². The molecule has 0 amide bonds. The van der Waals surface area contributed by atoms with Crippen LogP contribution in [-0.4, -0.2) is 49.1 Å². The number of benzene rings is 1. The minimum absolute atomic E-state index is 0.680. The maximum atomic E-state index is 6.19. The first-order valence-electron chi connectivity index (χ1n) is 11.1. The average molecular weight is 443 g/mol. The Morgan fingerprint density at radius 1 is 1.06 bits per heavy atom. The number of hydrogen-bond donors (Lipinski definition) is 0. The number of aryl methyl sites for hydroxylation is 1. The molecule has 5 nitrogen and oxygen atoms in total. The highest BCUT2D eigenvalue weighted by atomic mass is 35.5. The summed E-state index contributed by atoms with van der Waals surface area (Å²) in [6, 6.07) is 5.88. The second-order valence-corrected chi connectivity index (χ2v) is 8.56. The van der Waals surface area contributed by atoms with Crippen LogP contribution in [0.1, 0.15) is 31.2 Å². The lowest BCUT2D eigenvalue weighted by atomic mass is 10.0. The number of halogens is 1. The van der Waals surface area contributed by atoms with Crippen molar-refractivity contribution in [3.63, 3.8) is 0 Å². The molecule has 2 heterocycles. The predicted octanol–water partition coefficient (Wildman–Crippen LogP) is 5.39. The second kappa shape index (κ2) is 10.8. The van der Waals surface area contributed by atoms with Crippen LogP contribution in [0.3, 0.4) is 0 Å². The molecule has 0 radical (unpaired) electrons. The van der Waals surface area contributed by atoms with Crippen molar-refractivity contribution in [1.82, 2.24) is 9.80 Å². The molecular formula is C25H31ClN2O3. The van der Waals surface area contributed by atoms with Gasteiger partial charge in [0, 0.05) is 26.2 Å². The fourth-order valence-corrected chi connectivity index (χ4v) is 4.10. The summed E-state index contributed by atoms with van der Waals surface area (Å²) in [6.45, 7) is 7.77. The van der Waals surface area contributed by atoms with E-state index >= 15 is 0 Å². The van der Waals surface area contributed by atoms with E-state index in [9.17, 15) is 0 Å². The number of piperazine rings is 1. The first kappa shape index (κ1) is 21.8. The SMILES string of the molecule is Cc1ccc(Cl)c(OCCCCN2CCN(C3=COC(C4=CC=CCC4)=CO3)CC2)c1. The van der Waals surface area contributed by atoms with Gasteiger partial charge in [-0.1, -0.05) is 35.9 Å². The lowest BCUT2D eigenvalue weighted by Crippen LogP contribution is -2.46. The zero-order valence-corrected chi connectivity index (χ0v) is 18.9. The Morgan fingerprint density at radius 3 is 2.68 bits per heavy atom. The molecule has 1 saturated heterocycles. The molecule has 0 spiro atoms. The fraction of sp³-hybridized carbons (Fsp3) is 0.440. The third-order valence-electron chi connectivity index (χ3n) is 5.80. The number of unbranched alkanes of at least 4 members (excludes halogenated alkanes) is 1. The van der Waals surface area contributed by atoms with Gasteiger partial charge in [-0.3, -0.25) is 4.90 Å². The van der Waals surface area contributed by atoms with Crippen molar-refractivity contribution in [3.8, 4) is 5.75 Å². The molecule has 0 atom stereocenters. The van der Waals surface area contributed by atoms with Gasteiger partial charge in [-0.2, -0.15) is 0 Å². The van der Waals surface area contributed by atoms with Gasteiger partial charge >= 0.3 is 0 Å². The summed E-state index contributed by atoms with van der Waals surface area (Å²) in [5, 5.41) is 0.680. The van der Waals surface area contributed by atoms with Crippen LogP contribution in [0.15, 0.2) is 66.2 Å². The summed E-state index contributed by atoms with van der Waals surface area (Å²) >= 11 is 6.19. The number of ether oxygens (including phenoxy) is 3. The zero-order valence-electron chi connectivity index (χ0n) is 18.2. The van der Waals surface area contributed by atoms with Gasteiger partial charge in [0.25, 0.3) is 0 Å². The van der Waals surface area contributed by atoms with E-state index in [1.165, 1.54) is 5.57 Å². The minimum atomic E-state index is 0.680. The topological polar surface area (TPSA) is 34.2 Å². The molecule has 1 aromatic carbocycles. The number of hydrogen-bond acceptors (Lipinski definition) is 5. The van der Waals surface area contributed by atoms with E-state index in [0.29, 0.717) is 11.6 Å². The summed E-state index contributed by atoms with van der Waals surface area (Å²) in [6.07, 6.45) is 14.0. The molecule has 166 valence electrons. The quantitative estimate of drug-likeness (QED) is 0.504. The van der Waals surface area contributed by atoms with Crippen molar-refractivity contribution < 1.29 is 14.2 Å². The van der Waals surface area contributed by atoms with Crippen LogP contribution in [0.4, 0.5) is 0 Å². The highest BCUT2D eigenvalue weighted by Gasteiger charge is 2.22. The van der Waals surface area contributed by atoms with Crippen LogP contribution in [-0.2, 0) is 9.47 Å². The maximum absolute atomic E-state index is 6.19. The lowest BCUT2D eigenvalue weighted by molar-refractivity contribution is 0.0834. The van der Waals surface area contributed by atoms with Crippen LogP contribution in [0, 0.1) is 6.92 Å².